The van der Waals surface area contributed by atoms with Gasteiger partial charge in [0, 0.05) is 33.3 Å². The molecule has 1 amide bonds. The molecule has 1 fully saturated rings. The van der Waals surface area contributed by atoms with Crippen LogP contribution in [0.15, 0.2) is 39.1 Å². The number of anilines is 1. The largest absolute Gasteiger partial charge is 0.384 e. The van der Waals surface area contributed by atoms with Crippen molar-refractivity contribution in [2.45, 2.75) is 36.7 Å². The molecule has 0 saturated carbocycles. The van der Waals surface area contributed by atoms with Gasteiger partial charge in [-0.25, -0.2) is 9.78 Å². The first-order chi connectivity index (χ1) is 16.2. The van der Waals surface area contributed by atoms with Crippen LogP contribution in [0.2, 0.25) is 0 Å². The van der Waals surface area contributed by atoms with E-state index in [4.69, 9.17) is 5.73 Å². The van der Waals surface area contributed by atoms with Gasteiger partial charge < -0.3 is 10.6 Å². The van der Waals surface area contributed by atoms with Crippen LogP contribution in [0.25, 0.3) is 5.82 Å². The molecule has 12 nitrogen and oxygen atoms in total. The van der Waals surface area contributed by atoms with E-state index in [0.717, 1.165) is 27.3 Å². The Morgan fingerprint density at radius 3 is 2.59 bits per heavy atom. The van der Waals surface area contributed by atoms with Gasteiger partial charge in [-0.1, -0.05) is 17.8 Å². The molecule has 3 aromatic heterocycles. The molecule has 1 unspecified atom stereocenters. The first-order valence-electron chi connectivity index (χ1n) is 10.6. The number of hydrogen-bond acceptors (Lipinski definition) is 9. The summed E-state index contributed by atoms with van der Waals surface area (Å²) in [5.74, 6) is 0.368. The number of Topliss-reactive ketones (excluding diaryl/α,β-unsaturated/α-hetero) is 1. The first-order valence-corrected chi connectivity index (χ1v) is 11.5. The fraction of sp³-hybridized carbons (Fsp3) is 0.381. The Morgan fingerprint density at radius 1 is 1.18 bits per heavy atom. The quantitative estimate of drug-likeness (QED) is 0.364. The van der Waals surface area contributed by atoms with E-state index >= 15 is 0 Å². The lowest BCUT2D eigenvalue weighted by Gasteiger charge is -2.17. The maximum Gasteiger partial charge on any atom is 0.332 e. The molecule has 0 spiro atoms. The molecule has 0 aromatic carbocycles. The number of hydrogen-bond donors (Lipinski definition) is 1. The van der Waals surface area contributed by atoms with Gasteiger partial charge in [-0.2, -0.15) is 0 Å². The summed E-state index contributed by atoms with van der Waals surface area (Å²) in [5, 5.41) is 8.11. The van der Waals surface area contributed by atoms with Crippen LogP contribution < -0.4 is 17.0 Å². The molecule has 3 aromatic rings. The maximum absolute atomic E-state index is 13.2. The first kappa shape index (κ1) is 23.4. The highest BCUT2D eigenvalue weighted by molar-refractivity contribution is 8.00. The molecule has 2 N–H and O–H groups in total. The summed E-state index contributed by atoms with van der Waals surface area (Å²) in [6.45, 7) is 2.53. The van der Waals surface area contributed by atoms with E-state index in [1.165, 1.54) is 14.1 Å². The minimum Gasteiger partial charge on any atom is -0.384 e. The third-order valence-electron chi connectivity index (χ3n) is 5.69. The molecule has 1 saturated heterocycles. The van der Waals surface area contributed by atoms with Crippen molar-refractivity contribution in [1.29, 1.82) is 0 Å². The molecular weight excluding hydrogens is 460 g/mol. The van der Waals surface area contributed by atoms with Crippen LogP contribution >= 0.6 is 11.8 Å². The molecule has 0 bridgehead atoms. The van der Waals surface area contributed by atoms with E-state index in [1.54, 1.807) is 34.7 Å². The van der Waals surface area contributed by atoms with Crippen molar-refractivity contribution in [3.8, 4) is 5.82 Å². The molecule has 1 aliphatic heterocycles. The molecule has 0 aliphatic carbocycles. The summed E-state index contributed by atoms with van der Waals surface area (Å²) in [6.07, 6.45) is 2.92. The fourth-order valence-electron chi connectivity index (χ4n) is 3.74. The normalized spacial score (nSPS) is 14.6. The smallest absolute Gasteiger partial charge is 0.332 e. The number of ketones is 1. The van der Waals surface area contributed by atoms with E-state index in [9.17, 15) is 19.2 Å². The minimum absolute atomic E-state index is 0.0503. The monoisotopic (exact) mass is 484 g/mol. The van der Waals surface area contributed by atoms with E-state index < -0.39 is 22.3 Å². The average Bonchev–Trinajstić information content (AvgIpc) is 3.42. The molecule has 13 heteroatoms. The van der Waals surface area contributed by atoms with Crippen molar-refractivity contribution in [3.63, 3.8) is 0 Å². The summed E-state index contributed by atoms with van der Waals surface area (Å²) in [7, 11) is 2.69. The molecule has 4 rings (SSSR count). The Labute approximate surface area is 198 Å². The number of nitrogens with two attached hydrogens (primary N) is 1. The van der Waals surface area contributed by atoms with Crippen molar-refractivity contribution in [2.24, 2.45) is 14.1 Å². The van der Waals surface area contributed by atoms with Crippen LogP contribution in [0.4, 0.5) is 5.82 Å². The number of carbonyl (C=O) groups excluding carboxylic acids is 2. The molecule has 0 radical (unpaired) electrons. The van der Waals surface area contributed by atoms with Gasteiger partial charge in [0.05, 0.1) is 11.8 Å². The number of nitrogen functional groups attached to an aromatic ring is 1. The molecule has 34 heavy (non-hydrogen) atoms. The van der Waals surface area contributed by atoms with Gasteiger partial charge in [0.25, 0.3) is 5.56 Å². The number of nitrogens with zero attached hydrogens (tertiary/aromatic N) is 7. The number of amides is 1. The summed E-state index contributed by atoms with van der Waals surface area (Å²) in [5.41, 5.74) is 4.33. The van der Waals surface area contributed by atoms with Gasteiger partial charge in [0.2, 0.25) is 5.91 Å². The number of rotatable bonds is 7. The van der Waals surface area contributed by atoms with Crippen molar-refractivity contribution in [2.75, 3.05) is 12.3 Å². The lowest BCUT2D eigenvalue weighted by atomic mass is 10.1. The zero-order valence-electron chi connectivity index (χ0n) is 19.0. The van der Waals surface area contributed by atoms with Crippen molar-refractivity contribution < 1.29 is 9.59 Å². The molecule has 1 atom stereocenters. The minimum atomic E-state index is -0.777. The Kier molecular flexibility index (Phi) is 6.37. The second kappa shape index (κ2) is 9.25. The van der Waals surface area contributed by atoms with E-state index in [1.807, 2.05) is 6.07 Å². The van der Waals surface area contributed by atoms with Crippen molar-refractivity contribution in [3.05, 3.63) is 56.6 Å². The third-order valence-corrected chi connectivity index (χ3v) is 6.73. The Hall–Kier alpha value is -3.74. The molecule has 178 valence electrons. The Bertz CT molecular complexity index is 1380. The van der Waals surface area contributed by atoms with Gasteiger partial charge >= 0.3 is 5.69 Å². The van der Waals surface area contributed by atoms with Gasteiger partial charge in [0.1, 0.15) is 17.2 Å². The van der Waals surface area contributed by atoms with Gasteiger partial charge in [-0.3, -0.25) is 28.1 Å². The van der Waals surface area contributed by atoms with Crippen LogP contribution in [-0.4, -0.2) is 57.3 Å². The maximum atomic E-state index is 13.2. The van der Waals surface area contributed by atoms with E-state index in [2.05, 4.69) is 15.2 Å². The van der Waals surface area contributed by atoms with Crippen LogP contribution in [0.5, 0.6) is 0 Å². The standard InChI is InChI=1S/C21H24N8O4S/c1-12(17(31)16-18(22)26(2)21(33)27(3)19(16)32)34-20-25-24-14(11-28-10-6-8-15(28)30)29(20)13-7-4-5-9-23-13/h4-5,7,9,12H,6,8,10-11,22H2,1-3H3. The second-order valence-electron chi connectivity index (χ2n) is 7.93. The third kappa shape index (κ3) is 4.14. The second-order valence-corrected chi connectivity index (χ2v) is 9.24. The summed E-state index contributed by atoms with van der Waals surface area (Å²) >= 11 is 1.09. The highest BCUT2D eigenvalue weighted by Crippen LogP contribution is 2.28. The Morgan fingerprint density at radius 2 is 1.94 bits per heavy atom. The number of likely N-dealkylation sites (tertiary alicyclic amines) is 1. The average molecular weight is 485 g/mol. The lowest BCUT2D eigenvalue weighted by molar-refractivity contribution is -0.128. The van der Waals surface area contributed by atoms with Crippen LogP contribution in [0.3, 0.4) is 0 Å². The molecule has 1 aliphatic rings. The molecule has 4 heterocycles. The SMILES string of the molecule is CC(Sc1nnc(CN2CCCC2=O)n1-c1ccccn1)C(=O)c1c(N)n(C)c(=O)n(C)c1=O. The highest BCUT2D eigenvalue weighted by Gasteiger charge is 2.29. The Balaban J connectivity index is 1.69. The van der Waals surface area contributed by atoms with Crippen molar-refractivity contribution in [1.82, 2.24) is 33.8 Å². The fourth-order valence-corrected chi connectivity index (χ4v) is 4.68. The number of thioether (sulfide) groups is 1. The van der Waals surface area contributed by atoms with Crippen LogP contribution in [0.1, 0.15) is 35.9 Å². The number of carbonyl (C=O) groups is 2. The summed E-state index contributed by atoms with van der Waals surface area (Å²) in [6, 6.07) is 5.36. The van der Waals surface area contributed by atoms with E-state index in [-0.39, 0.29) is 23.8 Å². The van der Waals surface area contributed by atoms with Gasteiger partial charge in [0.15, 0.2) is 16.8 Å². The predicted octanol–water partition coefficient (Wildman–Crippen LogP) is 0.128. The van der Waals surface area contributed by atoms with Gasteiger partial charge in [-0.05, 0) is 25.5 Å². The lowest BCUT2D eigenvalue weighted by Crippen LogP contribution is -2.42. The van der Waals surface area contributed by atoms with E-state index in [0.29, 0.717) is 29.8 Å². The molecular formula is C21H24N8O4S. The van der Waals surface area contributed by atoms with Crippen LogP contribution in [0, 0.1) is 0 Å². The number of aromatic nitrogens is 6. The topological polar surface area (TPSA) is 151 Å². The van der Waals surface area contributed by atoms with Crippen LogP contribution in [-0.2, 0) is 25.4 Å². The van der Waals surface area contributed by atoms with Gasteiger partial charge in [-0.15, -0.1) is 10.2 Å². The van der Waals surface area contributed by atoms with Crippen molar-refractivity contribution >= 4 is 29.3 Å². The number of pyridine rings is 1. The highest BCUT2D eigenvalue weighted by atomic mass is 32.2. The summed E-state index contributed by atoms with van der Waals surface area (Å²) < 4.78 is 3.61. The zero-order chi connectivity index (χ0) is 24.6. The summed E-state index contributed by atoms with van der Waals surface area (Å²) in [4.78, 5) is 56.2. The zero-order valence-corrected chi connectivity index (χ0v) is 19.8. The predicted molar refractivity (Wildman–Crippen MR) is 125 cm³/mol.